The van der Waals surface area contributed by atoms with Gasteiger partial charge >= 0.3 is 0 Å². The van der Waals surface area contributed by atoms with E-state index in [-0.39, 0.29) is 0 Å². The van der Waals surface area contributed by atoms with Crippen LogP contribution in [0, 0.1) is 0 Å². The van der Waals surface area contributed by atoms with Gasteiger partial charge in [-0.2, -0.15) is 4.80 Å². The molecule has 0 amide bonds. The minimum absolute atomic E-state index is 0.517. The van der Waals surface area contributed by atoms with E-state index < -0.39 is 0 Å². The third kappa shape index (κ3) is 2.12. The van der Waals surface area contributed by atoms with Crippen molar-refractivity contribution in [1.29, 1.82) is 0 Å². The lowest BCUT2D eigenvalue weighted by Crippen LogP contribution is -2.03. The number of aromatic nitrogens is 4. The number of halogens is 1. The van der Waals surface area contributed by atoms with Crippen molar-refractivity contribution in [1.82, 2.24) is 20.2 Å². The lowest BCUT2D eigenvalue weighted by molar-refractivity contribution is 0.571. The summed E-state index contributed by atoms with van der Waals surface area (Å²) in [7, 11) is 0. The summed E-state index contributed by atoms with van der Waals surface area (Å²) in [5, 5.41) is 11.6. The van der Waals surface area contributed by atoms with Crippen LogP contribution in [0.4, 0.5) is 0 Å². The monoisotopic (exact) mass is 238 g/mol. The van der Waals surface area contributed by atoms with Crippen molar-refractivity contribution in [2.75, 3.05) is 0 Å². The Bertz CT molecular complexity index is 384. The van der Waals surface area contributed by atoms with Crippen LogP contribution in [0.15, 0.2) is 35.1 Å². The van der Waals surface area contributed by atoms with E-state index in [1.54, 1.807) is 4.80 Å². The number of benzene rings is 1. The summed E-state index contributed by atoms with van der Waals surface area (Å²) in [6, 6.07) is 10.0. The summed E-state index contributed by atoms with van der Waals surface area (Å²) in [6.07, 6.45) is 0. The van der Waals surface area contributed by atoms with E-state index in [4.69, 9.17) is 0 Å². The molecule has 1 aromatic carbocycles. The molecule has 0 atom stereocenters. The minimum atomic E-state index is 0.517. The SMILES string of the molecule is Brc1nnn(Cc2ccccc2)n1. The zero-order valence-corrected chi connectivity index (χ0v) is 8.35. The molecule has 0 radical (unpaired) electrons. The van der Waals surface area contributed by atoms with E-state index in [2.05, 4.69) is 31.3 Å². The summed E-state index contributed by atoms with van der Waals surface area (Å²) < 4.78 is 0.517. The third-order valence-electron chi connectivity index (χ3n) is 1.60. The largest absolute Gasteiger partial charge is 0.239 e. The summed E-state index contributed by atoms with van der Waals surface area (Å²) in [5.74, 6) is 0. The maximum absolute atomic E-state index is 4.02. The molecule has 0 bridgehead atoms. The van der Waals surface area contributed by atoms with Crippen LogP contribution in [-0.2, 0) is 6.54 Å². The van der Waals surface area contributed by atoms with Gasteiger partial charge in [-0.15, -0.1) is 10.2 Å². The Hall–Kier alpha value is -1.23. The van der Waals surface area contributed by atoms with Crippen molar-refractivity contribution < 1.29 is 0 Å². The lowest BCUT2D eigenvalue weighted by atomic mass is 10.2. The standard InChI is InChI=1S/C8H7BrN4/c9-8-10-12-13(11-8)6-7-4-2-1-3-5-7/h1-5H,6H2. The van der Waals surface area contributed by atoms with Gasteiger partial charge in [0, 0.05) is 0 Å². The first kappa shape index (κ1) is 8.37. The first-order valence-electron chi connectivity index (χ1n) is 3.82. The molecule has 0 spiro atoms. The predicted molar refractivity (Wildman–Crippen MR) is 51.1 cm³/mol. The van der Waals surface area contributed by atoms with Crippen molar-refractivity contribution in [3.63, 3.8) is 0 Å². The normalized spacial score (nSPS) is 10.2. The third-order valence-corrected chi connectivity index (χ3v) is 1.91. The Labute approximate surface area is 83.7 Å². The summed E-state index contributed by atoms with van der Waals surface area (Å²) >= 11 is 3.14. The lowest BCUT2D eigenvalue weighted by Gasteiger charge is -1.97. The van der Waals surface area contributed by atoms with Gasteiger partial charge in [-0.1, -0.05) is 30.3 Å². The first-order valence-corrected chi connectivity index (χ1v) is 4.61. The fraction of sp³-hybridized carbons (Fsp3) is 0.125. The Balaban J connectivity index is 2.15. The van der Waals surface area contributed by atoms with Crippen LogP contribution in [0.25, 0.3) is 0 Å². The number of tetrazole rings is 1. The Kier molecular flexibility index (Phi) is 2.35. The van der Waals surface area contributed by atoms with Crippen molar-refractivity contribution in [2.45, 2.75) is 6.54 Å². The topological polar surface area (TPSA) is 43.6 Å². The number of hydrogen-bond donors (Lipinski definition) is 0. The highest BCUT2D eigenvalue weighted by Crippen LogP contribution is 2.01. The van der Waals surface area contributed by atoms with Crippen molar-refractivity contribution in [2.24, 2.45) is 0 Å². The van der Waals surface area contributed by atoms with Crippen molar-refractivity contribution in [3.05, 3.63) is 40.6 Å². The van der Waals surface area contributed by atoms with Gasteiger partial charge in [-0.05, 0) is 26.7 Å². The van der Waals surface area contributed by atoms with Crippen molar-refractivity contribution in [3.8, 4) is 0 Å². The van der Waals surface area contributed by atoms with E-state index in [1.165, 1.54) is 0 Å². The minimum Gasteiger partial charge on any atom is -0.159 e. The molecule has 1 heterocycles. The Morgan fingerprint density at radius 2 is 2.00 bits per heavy atom. The molecule has 66 valence electrons. The van der Waals surface area contributed by atoms with Gasteiger partial charge in [-0.3, -0.25) is 0 Å². The van der Waals surface area contributed by atoms with Gasteiger partial charge < -0.3 is 0 Å². The highest BCUT2D eigenvalue weighted by atomic mass is 79.9. The maximum atomic E-state index is 4.02. The van der Waals surface area contributed by atoms with Crippen LogP contribution >= 0.6 is 15.9 Å². The molecule has 2 rings (SSSR count). The Morgan fingerprint density at radius 1 is 1.23 bits per heavy atom. The zero-order chi connectivity index (χ0) is 9.10. The van der Waals surface area contributed by atoms with E-state index in [0.717, 1.165) is 5.56 Å². The molecule has 0 fully saturated rings. The van der Waals surface area contributed by atoms with E-state index >= 15 is 0 Å². The van der Waals surface area contributed by atoms with Gasteiger partial charge in [-0.25, -0.2) is 0 Å². The van der Waals surface area contributed by atoms with Crippen LogP contribution in [0.1, 0.15) is 5.56 Å². The predicted octanol–water partition coefficient (Wildman–Crippen LogP) is 1.48. The van der Waals surface area contributed by atoms with E-state index in [9.17, 15) is 0 Å². The van der Waals surface area contributed by atoms with Crippen LogP contribution in [0.5, 0.6) is 0 Å². The second-order valence-electron chi connectivity index (χ2n) is 2.57. The molecule has 4 nitrogen and oxygen atoms in total. The zero-order valence-electron chi connectivity index (χ0n) is 6.76. The van der Waals surface area contributed by atoms with Gasteiger partial charge in [0.15, 0.2) is 0 Å². The van der Waals surface area contributed by atoms with Crippen LogP contribution in [0.2, 0.25) is 0 Å². The van der Waals surface area contributed by atoms with E-state index in [1.807, 2.05) is 30.3 Å². The molecule has 0 aliphatic heterocycles. The first-order chi connectivity index (χ1) is 6.34. The van der Waals surface area contributed by atoms with E-state index in [0.29, 0.717) is 11.3 Å². The molecular formula is C8H7BrN4. The molecule has 0 saturated heterocycles. The fourth-order valence-electron chi connectivity index (χ4n) is 1.04. The molecule has 0 unspecified atom stereocenters. The van der Waals surface area contributed by atoms with Crippen LogP contribution in [-0.4, -0.2) is 20.2 Å². The molecule has 0 N–H and O–H groups in total. The molecule has 0 aliphatic carbocycles. The number of rotatable bonds is 2. The average molecular weight is 239 g/mol. The molecule has 2 aromatic rings. The summed E-state index contributed by atoms with van der Waals surface area (Å²) in [6.45, 7) is 0.652. The van der Waals surface area contributed by atoms with Crippen molar-refractivity contribution >= 4 is 15.9 Å². The summed E-state index contributed by atoms with van der Waals surface area (Å²) in [4.78, 5) is 1.54. The second kappa shape index (κ2) is 3.66. The molecular weight excluding hydrogens is 232 g/mol. The molecule has 0 saturated carbocycles. The van der Waals surface area contributed by atoms with Gasteiger partial charge in [0.25, 0.3) is 0 Å². The average Bonchev–Trinajstić information content (AvgIpc) is 2.53. The summed E-state index contributed by atoms with van der Waals surface area (Å²) in [5.41, 5.74) is 1.16. The van der Waals surface area contributed by atoms with Gasteiger partial charge in [0.05, 0.1) is 6.54 Å². The maximum Gasteiger partial charge on any atom is 0.239 e. The molecule has 5 heteroatoms. The molecule has 13 heavy (non-hydrogen) atoms. The van der Waals surface area contributed by atoms with Gasteiger partial charge in [0.1, 0.15) is 0 Å². The number of nitrogens with zero attached hydrogens (tertiary/aromatic N) is 4. The second-order valence-corrected chi connectivity index (χ2v) is 3.28. The number of hydrogen-bond acceptors (Lipinski definition) is 3. The highest BCUT2D eigenvalue weighted by Gasteiger charge is 1.98. The molecule has 1 aromatic heterocycles. The molecule has 0 aliphatic rings. The van der Waals surface area contributed by atoms with Crippen LogP contribution in [0.3, 0.4) is 0 Å². The van der Waals surface area contributed by atoms with Gasteiger partial charge in [0.2, 0.25) is 4.73 Å². The Morgan fingerprint density at radius 3 is 2.62 bits per heavy atom. The fourth-order valence-corrected chi connectivity index (χ4v) is 1.29. The quantitative estimate of drug-likeness (QED) is 0.797. The smallest absolute Gasteiger partial charge is 0.159 e. The van der Waals surface area contributed by atoms with Crippen LogP contribution < -0.4 is 0 Å². The highest BCUT2D eigenvalue weighted by molar-refractivity contribution is 9.10.